The second-order valence-corrected chi connectivity index (χ2v) is 4.56. The highest BCUT2D eigenvalue weighted by molar-refractivity contribution is 7.80. The maximum absolute atomic E-state index is 11.4. The summed E-state index contributed by atoms with van der Waals surface area (Å²) in [5.74, 6) is 1.44. The van der Waals surface area contributed by atoms with Crippen molar-refractivity contribution in [3.8, 4) is 0 Å². The van der Waals surface area contributed by atoms with Crippen LogP contribution in [0.5, 0.6) is 0 Å². The molecule has 1 aliphatic heterocycles. The highest BCUT2D eigenvalue weighted by Gasteiger charge is 2.40. The van der Waals surface area contributed by atoms with Gasteiger partial charge in [0.2, 0.25) is 5.91 Å². The second kappa shape index (κ2) is 4.53. The zero-order valence-electron chi connectivity index (χ0n) is 8.24. The summed E-state index contributed by atoms with van der Waals surface area (Å²) in [6.07, 6.45) is 4.31. The highest BCUT2D eigenvalue weighted by atomic mass is 32.1. The molecule has 1 N–H and O–H groups in total. The number of rotatable bonds is 4. The predicted octanol–water partition coefficient (Wildman–Crippen LogP) is 0.990. The SMILES string of the molecule is O=C(CCS)NC1CCOC1C1CC1. The number of nitrogens with one attached hydrogen (secondary N) is 1. The monoisotopic (exact) mass is 215 g/mol. The number of ether oxygens (including phenoxy) is 1. The van der Waals surface area contributed by atoms with Crippen molar-refractivity contribution in [3.05, 3.63) is 0 Å². The summed E-state index contributed by atoms with van der Waals surface area (Å²) >= 11 is 4.04. The van der Waals surface area contributed by atoms with Crippen molar-refractivity contribution < 1.29 is 9.53 Å². The molecule has 0 aromatic carbocycles. The Morgan fingerprint density at radius 2 is 2.21 bits per heavy atom. The Labute approximate surface area is 90.0 Å². The van der Waals surface area contributed by atoms with E-state index in [1.54, 1.807) is 0 Å². The van der Waals surface area contributed by atoms with Gasteiger partial charge in [0, 0.05) is 13.0 Å². The third-order valence-corrected chi connectivity index (χ3v) is 3.13. The Kier molecular flexibility index (Phi) is 3.34. The molecule has 80 valence electrons. The Bertz CT molecular complexity index is 218. The molecular formula is C10H17NO2S. The Morgan fingerprint density at radius 1 is 1.43 bits per heavy atom. The molecule has 1 aliphatic carbocycles. The molecular weight excluding hydrogens is 198 g/mol. The molecule has 3 nitrogen and oxygen atoms in total. The molecule has 1 saturated carbocycles. The van der Waals surface area contributed by atoms with Crippen LogP contribution in [-0.2, 0) is 9.53 Å². The zero-order valence-corrected chi connectivity index (χ0v) is 9.13. The Hall–Kier alpha value is -0.220. The van der Waals surface area contributed by atoms with E-state index >= 15 is 0 Å². The molecule has 0 bridgehead atoms. The van der Waals surface area contributed by atoms with Gasteiger partial charge in [-0.3, -0.25) is 4.79 Å². The van der Waals surface area contributed by atoms with Gasteiger partial charge in [0.25, 0.3) is 0 Å². The normalized spacial score (nSPS) is 31.8. The highest BCUT2D eigenvalue weighted by Crippen LogP contribution is 2.38. The maximum atomic E-state index is 11.4. The second-order valence-electron chi connectivity index (χ2n) is 4.11. The van der Waals surface area contributed by atoms with Crippen LogP contribution in [0.4, 0.5) is 0 Å². The summed E-state index contributed by atoms with van der Waals surface area (Å²) in [7, 11) is 0. The van der Waals surface area contributed by atoms with E-state index in [2.05, 4.69) is 17.9 Å². The van der Waals surface area contributed by atoms with Crippen LogP contribution in [0.3, 0.4) is 0 Å². The number of carbonyl (C=O) groups is 1. The fourth-order valence-corrected chi connectivity index (χ4v) is 2.24. The van der Waals surface area contributed by atoms with Gasteiger partial charge in [0.15, 0.2) is 0 Å². The molecule has 0 aromatic rings. The summed E-state index contributed by atoms with van der Waals surface area (Å²) in [5, 5.41) is 3.04. The van der Waals surface area contributed by atoms with Crippen LogP contribution in [0.25, 0.3) is 0 Å². The molecule has 1 saturated heterocycles. The van der Waals surface area contributed by atoms with Gasteiger partial charge in [0.05, 0.1) is 12.1 Å². The first-order valence-corrected chi connectivity index (χ1v) is 5.96. The molecule has 0 radical (unpaired) electrons. The first-order valence-electron chi connectivity index (χ1n) is 5.33. The molecule has 0 aromatic heterocycles. The number of hydrogen-bond donors (Lipinski definition) is 2. The van der Waals surface area contributed by atoms with Crippen LogP contribution in [0.2, 0.25) is 0 Å². The molecule has 2 fully saturated rings. The summed E-state index contributed by atoms with van der Waals surface area (Å²) < 4.78 is 5.63. The summed E-state index contributed by atoms with van der Waals surface area (Å²) in [4.78, 5) is 11.4. The molecule has 0 spiro atoms. The smallest absolute Gasteiger partial charge is 0.221 e. The van der Waals surface area contributed by atoms with E-state index in [9.17, 15) is 4.79 Å². The van der Waals surface area contributed by atoms with Crippen molar-refractivity contribution in [2.75, 3.05) is 12.4 Å². The quantitative estimate of drug-likeness (QED) is 0.686. The fourth-order valence-electron chi connectivity index (χ4n) is 2.04. The Balaban J connectivity index is 1.80. The molecule has 2 rings (SSSR count). The van der Waals surface area contributed by atoms with Gasteiger partial charge in [-0.1, -0.05) is 0 Å². The first-order chi connectivity index (χ1) is 6.81. The molecule has 2 unspecified atom stereocenters. The largest absolute Gasteiger partial charge is 0.376 e. The minimum Gasteiger partial charge on any atom is -0.376 e. The van der Waals surface area contributed by atoms with Gasteiger partial charge in [-0.2, -0.15) is 12.6 Å². The average molecular weight is 215 g/mol. The maximum Gasteiger partial charge on any atom is 0.221 e. The van der Waals surface area contributed by atoms with Crippen LogP contribution < -0.4 is 5.32 Å². The van der Waals surface area contributed by atoms with Gasteiger partial charge < -0.3 is 10.1 Å². The van der Waals surface area contributed by atoms with Crippen LogP contribution in [0.1, 0.15) is 25.7 Å². The van der Waals surface area contributed by atoms with Crippen molar-refractivity contribution in [3.63, 3.8) is 0 Å². The number of amides is 1. The van der Waals surface area contributed by atoms with Crippen molar-refractivity contribution in [2.45, 2.75) is 37.8 Å². The van der Waals surface area contributed by atoms with Gasteiger partial charge in [-0.05, 0) is 30.9 Å². The van der Waals surface area contributed by atoms with Gasteiger partial charge in [-0.15, -0.1) is 0 Å². The molecule has 2 atom stereocenters. The van der Waals surface area contributed by atoms with E-state index in [1.807, 2.05) is 0 Å². The van der Waals surface area contributed by atoms with Crippen molar-refractivity contribution >= 4 is 18.5 Å². The lowest BCUT2D eigenvalue weighted by atomic mass is 10.1. The fraction of sp³-hybridized carbons (Fsp3) is 0.900. The third kappa shape index (κ3) is 2.42. The van der Waals surface area contributed by atoms with E-state index in [0.29, 0.717) is 24.2 Å². The summed E-state index contributed by atoms with van der Waals surface area (Å²) in [5.41, 5.74) is 0. The average Bonchev–Trinajstić information content (AvgIpc) is 2.89. The minimum atomic E-state index is 0.112. The standard InChI is InChI=1S/C10H17NO2S/c12-9(4-6-14)11-8-3-5-13-10(8)7-1-2-7/h7-8,10,14H,1-6H2,(H,11,12). The molecule has 1 heterocycles. The minimum absolute atomic E-state index is 0.112. The lowest BCUT2D eigenvalue weighted by molar-refractivity contribution is -0.121. The van der Waals surface area contributed by atoms with E-state index in [-0.39, 0.29) is 11.9 Å². The predicted molar refractivity (Wildman–Crippen MR) is 57.5 cm³/mol. The summed E-state index contributed by atoms with van der Waals surface area (Å²) in [6.45, 7) is 0.799. The topological polar surface area (TPSA) is 38.3 Å². The molecule has 1 amide bonds. The van der Waals surface area contributed by atoms with Crippen molar-refractivity contribution in [2.24, 2.45) is 5.92 Å². The van der Waals surface area contributed by atoms with Crippen LogP contribution in [-0.4, -0.2) is 30.4 Å². The Morgan fingerprint density at radius 3 is 2.86 bits per heavy atom. The van der Waals surface area contributed by atoms with Crippen LogP contribution >= 0.6 is 12.6 Å². The number of thiol groups is 1. The van der Waals surface area contributed by atoms with Crippen LogP contribution in [0, 0.1) is 5.92 Å². The van der Waals surface area contributed by atoms with Gasteiger partial charge >= 0.3 is 0 Å². The van der Waals surface area contributed by atoms with Gasteiger partial charge in [0.1, 0.15) is 0 Å². The molecule has 2 aliphatic rings. The van der Waals surface area contributed by atoms with E-state index in [1.165, 1.54) is 12.8 Å². The van der Waals surface area contributed by atoms with Crippen molar-refractivity contribution in [1.82, 2.24) is 5.32 Å². The van der Waals surface area contributed by atoms with E-state index in [4.69, 9.17) is 4.74 Å². The molecule has 4 heteroatoms. The van der Waals surface area contributed by atoms with E-state index in [0.717, 1.165) is 13.0 Å². The molecule has 14 heavy (non-hydrogen) atoms. The zero-order chi connectivity index (χ0) is 9.97. The first kappa shape index (κ1) is 10.3. The third-order valence-electron chi connectivity index (χ3n) is 2.91. The lowest BCUT2D eigenvalue weighted by Gasteiger charge is -2.19. The van der Waals surface area contributed by atoms with Crippen molar-refractivity contribution in [1.29, 1.82) is 0 Å². The lowest BCUT2D eigenvalue weighted by Crippen LogP contribution is -2.41. The summed E-state index contributed by atoms with van der Waals surface area (Å²) in [6, 6.07) is 0.259. The number of carbonyl (C=O) groups excluding carboxylic acids is 1. The van der Waals surface area contributed by atoms with Gasteiger partial charge in [-0.25, -0.2) is 0 Å². The number of hydrogen-bond acceptors (Lipinski definition) is 3. The van der Waals surface area contributed by atoms with Crippen LogP contribution in [0.15, 0.2) is 0 Å². The van der Waals surface area contributed by atoms with E-state index < -0.39 is 0 Å².